The summed E-state index contributed by atoms with van der Waals surface area (Å²) in [5, 5.41) is -0.577. The van der Waals surface area contributed by atoms with E-state index in [9.17, 15) is 39.6 Å². The number of hydrogen-bond acceptors (Lipinski definition) is 6. The first kappa shape index (κ1) is 30.2. The van der Waals surface area contributed by atoms with E-state index in [2.05, 4.69) is 9.97 Å². The van der Waals surface area contributed by atoms with Crippen LogP contribution in [0.15, 0.2) is 53.8 Å². The normalized spacial score (nSPS) is 12.8. The Labute approximate surface area is 224 Å². The zero-order valence-electron chi connectivity index (χ0n) is 20.6. The number of carbonyl (C=O) groups excluding carboxylic acids is 1. The van der Waals surface area contributed by atoms with Gasteiger partial charge in [-0.05, 0) is 43.7 Å². The molecule has 0 spiro atoms. The maximum Gasteiger partial charge on any atom is 0.416 e. The third kappa shape index (κ3) is 6.44. The number of carbonyl (C=O) groups is 1. The van der Waals surface area contributed by atoms with Gasteiger partial charge in [-0.15, -0.1) is 0 Å². The quantitative estimate of drug-likeness (QED) is 0.245. The molecule has 0 aliphatic rings. The highest BCUT2D eigenvalue weighted by molar-refractivity contribution is 7.90. The van der Waals surface area contributed by atoms with Crippen molar-refractivity contribution < 1.29 is 44.3 Å². The third-order valence-electron chi connectivity index (χ3n) is 5.61. The van der Waals surface area contributed by atoms with Gasteiger partial charge in [0.2, 0.25) is 26.8 Å². The topological polar surface area (TPSA) is 89.5 Å². The van der Waals surface area contributed by atoms with Crippen LogP contribution in [0, 0.1) is 0 Å². The molecule has 0 fully saturated rings. The van der Waals surface area contributed by atoms with Crippen LogP contribution in [-0.2, 0) is 32.4 Å². The number of ether oxygens (including phenoxy) is 1. The fraction of sp³-hybridized carbons (Fsp3) is 0.292. The second-order valence-corrected chi connectivity index (χ2v) is 11.2. The van der Waals surface area contributed by atoms with Gasteiger partial charge in [0.05, 0.1) is 27.8 Å². The molecule has 7 nitrogen and oxygen atoms in total. The number of rotatable bonds is 6. The highest BCUT2D eigenvalue weighted by Gasteiger charge is 2.44. The number of nitrogens with zero attached hydrogens (tertiary/aromatic N) is 3. The van der Waals surface area contributed by atoms with Crippen LogP contribution in [-0.4, -0.2) is 37.6 Å². The molecule has 0 saturated carbocycles. The fourth-order valence-electron chi connectivity index (χ4n) is 3.60. The number of anilines is 1. The Morgan fingerprint density at radius 3 is 2.13 bits per heavy atom. The molecule has 1 amide bonds. The van der Waals surface area contributed by atoms with Crippen LogP contribution in [0.1, 0.15) is 30.5 Å². The zero-order chi connectivity index (χ0) is 29.6. The molecule has 0 aliphatic heterocycles. The number of benzene rings is 2. The molecular formula is C24H20ClF6N3O4S. The molecule has 3 aromatic rings. The average Bonchev–Trinajstić information content (AvgIpc) is 2.82. The lowest BCUT2D eigenvalue weighted by atomic mass is 9.79. The average molecular weight is 596 g/mol. The standard InChI is InChI=1S/C24H20ClF6N3O4S/c1-22(2,14-10-9-13(23(26,27)28)11-15(14)24(29,30)31)20(35)34(3)17-12-32-21(39(4,36)37)33-19(17)38-18-8-6-5-7-16(18)25/h5-12H,1-4H3. The Kier molecular flexibility index (Phi) is 7.96. The lowest BCUT2D eigenvalue weighted by Gasteiger charge is -2.32. The summed E-state index contributed by atoms with van der Waals surface area (Å²) in [6.07, 6.45) is -8.53. The van der Waals surface area contributed by atoms with Crippen molar-refractivity contribution in [1.82, 2.24) is 9.97 Å². The van der Waals surface area contributed by atoms with E-state index in [4.69, 9.17) is 16.3 Å². The van der Waals surface area contributed by atoms with Crippen LogP contribution in [0.4, 0.5) is 32.0 Å². The summed E-state index contributed by atoms with van der Waals surface area (Å²) < 4.78 is 111. The summed E-state index contributed by atoms with van der Waals surface area (Å²) in [7, 11) is -2.82. The minimum atomic E-state index is -5.22. The SMILES string of the molecule is CN(C(=O)C(C)(C)c1ccc(C(F)(F)F)cc1C(F)(F)F)c1cnc(S(C)(=O)=O)nc1Oc1ccccc1Cl. The molecule has 0 saturated heterocycles. The summed E-state index contributed by atoms with van der Waals surface area (Å²) in [5.41, 5.74) is -6.18. The minimum Gasteiger partial charge on any atom is -0.435 e. The Balaban J connectivity index is 2.14. The predicted octanol–water partition coefficient (Wildman–Crippen LogP) is 6.30. The molecule has 0 radical (unpaired) electrons. The van der Waals surface area contributed by atoms with Crippen LogP contribution >= 0.6 is 11.6 Å². The Hall–Kier alpha value is -3.39. The summed E-state index contributed by atoms with van der Waals surface area (Å²) in [5.74, 6) is -1.47. The van der Waals surface area contributed by atoms with E-state index in [0.717, 1.165) is 38.2 Å². The minimum absolute atomic E-state index is 0.0146. The lowest BCUT2D eigenvalue weighted by molar-refractivity contribution is -0.143. The van der Waals surface area contributed by atoms with Crippen molar-refractivity contribution in [3.05, 3.63) is 70.4 Å². The first-order chi connectivity index (χ1) is 17.7. The summed E-state index contributed by atoms with van der Waals surface area (Å²) in [6.45, 7) is 2.20. The number of likely N-dealkylation sites (N-methyl/N-ethyl adjacent to an activating group) is 1. The van der Waals surface area contributed by atoms with Gasteiger partial charge in [0.15, 0.2) is 0 Å². The maximum atomic E-state index is 13.8. The second kappa shape index (κ2) is 10.3. The summed E-state index contributed by atoms with van der Waals surface area (Å²) >= 11 is 6.10. The van der Waals surface area contributed by atoms with E-state index < -0.39 is 61.2 Å². The highest BCUT2D eigenvalue weighted by atomic mass is 35.5. The van der Waals surface area contributed by atoms with Crippen molar-refractivity contribution in [3.63, 3.8) is 0 Å². The first-order valence-corrected chi connectivity index (χ1v) is 13.1. The summed E-state index contributed by atoms with van der Waals surface area (Å²) in [6, 6.07) is 6.99. The van der Waals surface area contributed by atoms with Crippen molar-refractivity contribution in [2.24, 2.45) is 0 Å². The number of sulfone groups is 1. The molecule has 0 aliphatic carbocycles. The number of amides is 1. The van der Waals surface area contributed by atoms with Crippen molar-refractivity contribution in [2.45, 2.75) is 36.8 Å². The van der Waals surface area contributed by atoms with Crippen molar-refractivity contribution in [2.75, 3.05) is 18.2 Å². The Bertz CT molecular complexity index is 1520. The van der Waals surface area contributed by atoms with E-state index in [1.807, 2.05) is 0 Å². The number of hydrogen-bond donors (Lipinski definition) is 0. The Morgan fingerprint density at radius 2 is 1.59 bits per heavy atom. The van der Waals surface area contributed by atoms with E-state index in [0.29, 0.717) is 12.1 Å². The number of alkyl halides is 6. The van der Waals surface area contributed by atoms with Gasteiger partial charge in [-0.3, -0.25) is 4.79 Å². The molecule has 0 bridgehead atoms. The van der Waals surface area contributed by atoms with E-state index >= 15 is 0 Å². The number of aromatic nitrogens is 2. The van der Waals surface area contributed by atoms with Crippen LogP contribution in [0.25, 0.3) is 0 Å². The largest absolute Gasteiger partial charge is 0.435 e. The van der Waals surface area contributed by atoms with Crippen LogP contribution in [0.3, 0.4) is 0 Å². The number of para-hydroxylation sites is 1. The monoisotopic (exact) mass is 595 g/mol. The van der Waals surface area contributed by atoms with Crippen LogP contribution < -0.4 is 9.64 Å². The van der Waals surface area contributed by atoms with Gasteiger partial charge in [0.1, 0.15) is 11.4 Å². The van der Waals surface area contributed by atoms with Crippen LogP contribution in [0.5, 0.6) is 11.6 Å². The molecule has 15 heteroatoms. The molecule has 3 rings (SSSR count). The van der Waals surface area contributed by atoms with Crippen LogP contribution in [0.2, 0.25) is 5.02 Å². The van der Waals surface area contributed by atoms with E-state index in [-0.39, 0.29) is 22.5 Å². The van der Waals surface area contributed by atoms with E-state index in [1.165, 1.54) is 12.1 Å². The molecule has 39 heavy (non-hydrogen) atoms. The molecule has 0 N–H and O–H groups in total. The van der Waals surface area contributed by atoms with Gasteiger partial charge in [-0.2, -0.15) is 31.3 Å². The third-order valence-corrected chi connectivity index (χ3v) is 6.79. The molecule has 1 heterocycles. The second-order valence-electron chi connectivity index (χ2n) is 8.89. The molecule has 0 atom stereocenters. The van der Waals surface area contributed by atoms with E-state index in [1.54, 1.807) is 12.1 Å². The van der Waals surface area contributed by atoms with Gasteiger partial charge in [-0.25, -0.2) is 13.4 Å². The van der Waals surface area contributed by atoms with Crippen molar-refractivity contribution in [3.8, 4) is 11.6 Å². The number of halogens is 7. The van der Waals surface area contributed by atoms with Crippen molar-refractivity contribution in [1.29, 1.82) is 0 Å². The fourth-order valence-corrected chi connectivity index (χ4v) is 4.27. The van der Waals surface area contributed by atoms with Gasteiger partial charge < -0.3 is 9.64 Å². The summed E-state index contributed by atoms with van der Waals surface area (Å²) in [4.78, 5) is 21.9. The molecule has 2 aromatic carbocycles. The molecule has 1 aromatic heterocycles. The first-order valence-electron chi connectivity index (χ1n) is 10.8. The lowest BCUT2D eigenvalue weighted by Crippen LogP contribution is -2.43. The predicted molar refractivity (Wildman–Crippen MR) is 130 cm³/mol. The van der Waals surface area contributed by atoms with Gasteiger partial charge in [0.25, 0.3) is 0 Å². The van der Waals surface area contributed by atoms with Gasteiger partial charge in [0, 0.05) is 13.3 Å². The maximum absolute atomic E-state index is 13.8. The van der Waals surface area contributed by atoms with Crippen molar-refractivity contribution >= 4 is 33.0 Å². The van der Waals surface area contributed by atoms with Gasteiger partial charge in [-0.1, -0.05) is 29.8 Å². The smallest absolute Gasteiger partial charge is 0.416 e. The zero-order valence-corrected chi connectivity index (χ0v) is 22.2. The molecular weight excluding hydrogens is 576 g/mol. The molecule has 210 valence electrons. The Morgan fingerprint density at radius 1 is 0.974 bits per heavy atom. The highest BCUT2D eigenvalue weighted by Crippen LogP contribution is 2.43. The molecule has 0 unspecified atom stereocenters. The van der Waals surface area contributed by atoms with Gasteiger partial charge >= 0.3 is 12.4 Å².